The summed E-state index contributed by atoms with van der Waals surface area (Å²) < 4.78 is 0. The molecular weight excluding hydrogens is 232 g/mol. The van der Waals surface area contributed by atoms with Crippen LogP contribution >= 0.6 is 11.8 Å². The third-order valence-corrected chi connectivity index (χ3v) is 3.45. The minimum Gasteiger partial charge on any atom is -0.480 e. The standard InChI is InChI=1S/C9H16N2O4S/c1-2-10(3-4-12)9(15)11-6-16-5-7(11)8(13)14/h7,12H,2-6H2,1H3,(H,13,14)/t7-/m0/s1. The zero-order valence-electron chi connectivity index (χ0n) is 9.13. The summed E-state index contributed by atoms with van der Waals surface area (Å²) in [7, 11) is 0. The summed E-state index contributed by atoms with van der Waals surface area (Å²) in [5.41, 5.74) is 0. The van der Waals surface area contributed by atoms with Crippen molar-refractivity contribution >= 4 is 23.8 Å². The lowest BCUT2D eigenvalue weighted by atomic mass is 10.3. The molecule has 7 heteroatoms. The number of amides is 2. The highest BCUT2D eigenvalue weighted by atomic mass is 32.2. The third kappa shape index (κ3) is 2.79. The largest absolute Gasteiger partial charge is 0.480 e. The number of aliphatic hydroxyl groups excluding tert-OH is 1. The number of carboxylic acids is 1. The van der Waals surface area contributed by atoms with Crippen molar-refractivity contribution in [3.05, 3.63) is 0 Å². The van der Waals surface area contributed by atoms with Crippen LogP contribution in [0.2, 0.25) is 0 Å². The van der Waals surface area contributed by atoms with Crippen LogP contribution < -0.4 is 0 Å². The lowest BCUT2D eigenvalue weighted by Crippen LogP contribution is -2.49. The molecule has 0 saturated carbocycles. The molecule has 1 fully saturated rings. The van der Waals surface area contributed by atoms with Gasteiger partial charge in [0.25, 0.3) is 0 Å². The number of aliphatic carboxylic acids is 1. The number of nitrogens with zero attached hydrogens (tertiary/aromatic N) is 2. The van der Waals surface area contributed by atoms with Crippen LogP contribution in [0.1, 0.15) is 6.92 Å². The van der Waals surface area contributed by atoms with Gasteiger partial charge in [-0.2, -0.15) is 0 Å². The Morgan fingerprint density at radius 2 is 2.25 bits per heavy atom. The Labute approximate surface area is 98.2 Å². The van der Waals surface area contributed by atoms with Gasteiger partial charge in [-0.05, 0) is 6.92 Å². The number of hydrogen-bond acceptors (Lipinski definition) is 4. The van der Waals surface area contributed by atoms with Crippen molar-refractivity contribution in [1.82, 2.24) is 9.80 Å². The van der Waals surface area contributed by atoms with Gasteiger partial charge in [-0.3, -0.25) is 0 Å². The Balaban J connectivity index is 2.67. The maximum atomic E-state index is 11.9. The van der Waals surface area contributed by atoms with Crippen LogP contribution in [-0.2, 0) is 4.79 Å². The summed E-state index contributed by atoms with van der Waals surface area (Å²) >= 11 is 1.43. The smallest absolute Gasteiger partial charge is 0.327 e. The molecule has 0 spiro atoms. The molecule has 0 aromatic heterocycles. The molecule has 1 saturated heterocycles. The molecule has 2 N–H and O–H groups in total. The number of aliphatic hydroxyl groups is 1. The van der Waals surface area contributed by atoms with Gasteiger partial charge < -0.3 is 20.0 Å². The third-order valence-electron chi connectivity index (χ3n) is 2.44. The molecule has 0 aliphatic carbocycles. The topological polar surface area (TPSA) is 81.1 Å². The van der Waals surface area contributed by atoms with Crippen molar-refractivity contribution < 1.29 is 19.8 Å². The van der Waals surface area contributed by atoms with E-state index in [2.05, 4.69) is 0 Å². The van der Waals surface area contributed by atoms with Crippen LogP contribution in [0.15, 0.2) is 0 Å². The Bertz CT molecular complexity index is 274. The predicted octanol–water partition coefficient (Wildman–Crippen LogP) is -0.120. The molecule has 16 heavy (non-hydrogen) atoms. The first kappa shape index (κ1) is 13.1. The van der Waals surface area contributed by atoms with Gasteiger partial charge in [-0.15, -0.1) is 11.8 Å². The van der Waals surface area contributed by atoms with E-state index in [9.17, 15) is 9.59 Å². The number of likely N-dealkylation sites (N-methyl/N-ethyl adjacent to an activating group) is 1. The minimum atomic E-state index is -0.974. The summed E-state index contributed by atoms with van der Waals surface area (Å²) in [6.07, 6.45) is 0. The van der Waals surface area contributed by atoms with Gasteiger partial charge in [-0.25, -0.2) is 9.59 Å². The quantitative estimate of drug-likeness (QED) is 0.725. The number of carboxylic acid groups (broad SMARTS) is 1. The minimum absolute atomic E-state index is 0.113. The molecule has 0 radical (unpaired) electrons. The van der Waals surface area contributed by atoms with Crippen LogP contribution in [0.25, 0.3) is 0 Å². The lowest BCUT2D eigenvalue weighted by Gasteiger charge is -2.28. The van der Waals surface area contributed by atoms with Gasteiger partial charge in [0.1, 0.15) is 6.04 Å². The fourth-order valence-electron chi connectivity index (χ4n) is 1.53. The van der Waals surface area contributed by atoms with Gasteiger partial charge in [0.2, 0.25) is 0 Å². The molecule has 1 heterocycles. The summed E-state index contributed by atoms with van der Waals surface area (Å²) in [5.74, 6) is -0.145. The summed E-state index contributed by atoms with van der Waals surface area (Å²) in [4.78, 5) is 25.6. The highest BCUT2D eigenvalue weighted by molar-refractivity contribution is 7.99. The maximum absolute atomic E-state index is 11.9. The predicted molar refractivity (Wildman–Crippen MR) is 60.3 cm³/mol. The molecule has 1 aliphatic rings. The van der Waals surface area contributed by atoms with Gasteiger partial charge in [-0.1, -0.05) is 0 Å². The van der Waals surface area contributed by atoms with E-state index in [1.807, 2.05) is 0 Å². The van der Waals surface area contributed by atoms with E-state index in [0.717, 1.165) is 0 Å². The molecule has 0 bridgehead atoms. The zero-order chi connectivity index (χ0) is 12.1. The van der Waals surface area contributed by atoms with Crippen LogP contribution in [0.3, 0.4) is 0 Å². The normalized spacial score (nSPS) is 19.9. The first-order valence-electron chi connectivity index (χ1n) is 5.08. The number of rotatable bonds is 4. The van der Waals surface area contributed by atoms with Gasteiger partial charge >= 0.3 is 12.0 Å². The molecule has 2 amide bonds. The van der Waals surface area contributed by atoms with E-state index < -0.39 is 12.0 Å². The SMILES string of the molecule is CCN(CCO)C(=O)N1CSC[C@H]1C(=O)O. The second kappa shape index (κ2) is 5.95. The molecular formula is C9H16N2O4S. The number of carbonyl (C=O) groups excluding carboxylic acids is 1. The van der Waals surface area contributed by atoms with Crippen molar-refractivity contribution in [2.24, 2.45) is 0 Å². The van der Waals surface area contributed by atoms with Gasteiger partial charge in [0.15, 0.2) is 0 Å². The molecule has 1 atom stereocenters. The Morgan fingerprint density at radius 1 is 1.56 bits per heavy atom. The zero-order valence-corrected chi connectivity index (χ0v) is 9.94. The number of carbonyl (C=O) groups is 2. The highest BCUT2D eigenvalue weighted by Gasteiger charge is 2.36. The van der Waals surface area contributed by atoms with Crippen molar-refractivity contribution in [2.75, 3.05) is 31.3 Å². The van der Waals surface area contributed by atoms with Crippen molar-refractivity contribution in [3.63, 3.8) is 0 Å². The van der Waals surface area contributed by atoms with E-state index in [1.54, 1.807) is 6.92 Å². The van der Waals surface area contributed by atoms with E-state index in [1.165, 1.54) is 21.6 Å². The summed E-state index contributed by atoms with van der Waals surface area (Å²) in [6.45, 7) is 2.39. The van der Waals surface area contributed by atoms with Gasteiger partial charge in [0.05, 0.1) is 12.5 Å². The Kier molecular flexibility index (Phi) is 4.88. The summed E-state index contributed by atoms with van der Waals surface area (Å²) in [6, 6.07) is -1.06. The molecule has 6 nitrogen and oxygen atoms in total. The lowest BCUT2D eigenvalue weighted by molar-refractivity contribution is -0.140. The fourth-order valence-corrected chi connectivity index (χ4v) is 2.67. The molecule has 0 unspecified atom stereocenters. The monoisotopic (exact) mass is 248 g/mol. The highest BCUT2D eigenvalue weighted by Crippen LogP contribution is 2.22. The van der Waals surface area contributed by atoms with Crippen molar-refractivity contribution in [2.45, 2.75) is 13.0 Å². The number of urea groups is 1. The number of hydrogen-bond donors (Lipinski definition) is 2. The molecule has 92 valence electrons. The summed E-state index contributed by atoms with van der Waals surface area (Å²) in [5, 5.41) is 17.7. The Morgan fingerprint density at radius 3 is 2.75 bits per heavy atom. The van der Waals surface area contributed by atoms with Gasteiger partial charge in [0, 0.05) is 18.8 Å². The molecule has 1 rings (SSSR count). The van der Waals surface area contributed by atoms with E-state index in [4.69, 9.17) is 10.2 Å². The van der Waals surface area contributed by atoms with Crippen LogP contribution in [0, 0.1) is 0 Å². The average Bonchev–Trinajstić information content (AvgIpc) is 2.73. The Hall–Kier alpha value is -0.950. The molecule has 0 aromatic rings. The second-order valence-corrected chi connectivity index (χ2v) is 4.41. The van der Waals surface area contributed by atoms with Crippen LogP contribution in [0.5, 0.6) is 0 Å². The fraction of sp³-hybridized carbons (Fsp3) is 0.778. The first-order chi connectivity index (χ1) is 7.61. The van der Waals surface area contributed by atoms with Crippen LogP contribution in [-0.4, -0.2) is 69.4 Å². The van der Waals surface area contributed by atoms with Crippen molar-refractivity contribution in [1.29, 1.82) is 0 Å². The first-order valence-corrected chi connectivity index (χ1v) is 6.24. The van der Waals surface area contributed by atoms with E-state index >= 15 is 0 Å². The molecule has 0 aromatic carbocycles. The van der Waals surface area contributed by atoms with Crippen molar-refractivity contribution in [3.8, 4) is 0 Å². The molecule has 1 aliphatic heterocycles. The van der Waals surface area contributed by atoms with Crippen LogP contribution in [0.4, 0.5) is 4.79 Å². The number of thioether (sulfide) groups is 1. The maximum Gasteiger partial charge on any atom is 0.327 e. The van der Waals surface area contributed by atoms with E-state index in [0.29, 0.717) is 18.2 Å². The average molecular weight is 248 g/mol. The van der Waals surface area contributed by atoms with E-state index in [-0.39, 0.29) is 19.2 Å². The second-order valence-electron chi connectivity index (χ2n) is 3.41.